The second-order valence-electron chi connectivity index (χ2n) is 5.57. The summed E-state index contributed by atoms with van der Waals surface area (Å²) in [5.74, 6) is 0.177. The van der Waals surface area contributed by atoms with Crippen molar-refractivity contribution >= 4 is 11.7 Å². The number of aryl methyl sites for hydroxylation is 1. The molecule has 1 unspecified atom stereocenters. The molecular formula is C17H19NO2. The molecule has 1 amide bonds. The van der Waals surface area contributed by atoms with E-state index >= 15 is 0 Å². The van der Waals surface area contributed by atoms with Gasteiger partial charge in [0.05, 0.1) is 0 Å². The molecule has 1 N–H and O–H groups in total. The van der Waals surface area contributed by atoms with Crippen LogP contribution in [0.15, 0.2) is 35.5 Å². The van der Waals surface area contributed by atoms with Crippen LogP contribution >= 0.6 is 0 Å². The lowest BCUT2D eigenvalue weighted by atomic mass is 9.78. The van der Waals surface area contributed by atoms with Gasteiger partial charge in [-0.3, -0.25) is 9.59 Å². The zero-order chi connectivity index (χ0) is 14.1. The third-order valence-electron chi connectivity index (χ3n) is 4.27. The Morgan fingerprint density at radius 3 is 2.60 bits per heavy atom. The van der Waals surface area contributed by atoms with Crippen LogP contribution in [0.2, 0.25) is 0 Å². The summed E-state index contributed by atoms with van der Waals surface area (Å²) in [6.07, 6.45) is 3.66. The minimum atomic E-state index is -0.0579. The zero-order valence-electron chi connectivity index (χ0n) is 11.7. The summed E-state index contributed by atoms with van der Waals surface area (Å²) in [6, 6.07) is 8.31. The number of carbonyl (C=O) groups excluding carboxylic acids is 2. The van der Waals surface area contributed by atoms with Crippen LogP contribution in [0.1, 0.15) is 49.7 Å². The van der Waals surface area contributed by atoms with Crippen molar-refractivity contribution in [1.82, 2.24) is 5.32 Å². The number of rotatable bonds is 2. The van der Waals surface area contributed by atoms with E-state index in [1.165, 1.54) is 5.56 Å². The molecule has 3 heteroatoms. The Morgan fingerprint density at radius 1 is 1.15 bits per heavy atom. The predicted molar refractivity (Wildman–Crippen MR) is 77.2 cm³/mol. The van der Waals surface area contributed by atoms with Gasteiger partial charge in [-0.25, -0.2) is 0 Å². The lowest BCUT2D eigenvalue weighted by Crippen LogP contribution is -2.36. The van der Waals surface area contributed by atoms with Crippen molar-refractivity contribution < 1.29 is 9.59 Å². The van der Waals surface area contributed by atoms with Gasteiger partial charge in [-0.05, 0) is 30.4 Å². The lowest BCUT2D eigenvalue weighted by Gasteiger charge is -2.31. The van der Waals surface area contributed by atoms with Gasteiger partial charge >= 0.3 is 0 Å². The highest BCUT2D eigenvalue weighted by molar-refractivity contribution is 6.01. The Balaban J connectivity index is 2.01. The number of hydrogen-bond acceptors (Lipinski definition) is 2. The highest BCUT2D eigenvalue weighted by Crippen LogP contribution is 2.37. The number of carbonyl (C=O) groups is 2. The molecule has 1 aliphatic heterocycles. The summed E-state index contributed by atoms with van der Waals surface area (Å²) in [6.45, 7) is 2.12. The van der Waals surface area contributed by atoms with Crippen LogP contribution in [0.3, 0.4) is 0 Å². The van der Waals surface area contributed by atoms with Crippen molar-refractivity contribution in [3.8, 4) is 0 Å². The highest BCUT2D eigenvalue weighted by atomic mass is 16.2. The van der Waals surface area contributed by atoms with E-state index in [9.17, 15) is 9.59 Å². The number of allylic oxidation sites excluding steroid dienone is 2. The van der Waals surface area contributed by atoms with E-state index in [-0.39, 0.29) is 17.6 Å². The minimum absolute atomic E-state index is 0.0306. The second-order valence-corrected chi connectivity index (χ2v) is 5.57. The average Bonchev–Trinajstić information content (AvgIpc) is 2.46. The molecule has 0 spiro atoms. The average molecular weight is 269 g/mol. The predicted octanol–water partition coefficient (Wildman–Crippen LogP) is 2.86. The molecule has 3 nitrogen and oxygen atoms in total. The topological polar surface area (TPSA) is 46.2 Å². The summed E-state index contributed by atoms with van der Waals surface area (Å²) in [5, 5.41) is 2.89. The fraction of sp³-hybridized carbons (Fsp3) is 0.412. The first-order valence-electron chi connectivity index (χ1n) is 7.34. The zero-order valence-corrected chi connectivity index (χ0v) is 11.7. The van der Waals surface area contributed by atoms with Gasteiger partial charge in [0.2, 0.25) is 5.91 Å². The van der Waals surface area contributed by atoms with E-state index < -0.39 is 0 Å². The van der Waals surface area contributed by atoms with Crippen LogP contribution in [0.25, 0.3) is 0 Å². The standard InChI is InChI=1S/C17H19NO2/c1-2-11-6-8-12(9-7-11)13-10-16(20)18-14-4-3-5-15(19)17(13)14/h6-9,13H,2-5,10H2,1H3,(H,18,20). The van der Waals surface area contributed by atoms with Gasteiger partial charge in [0.25, 0.3) is 0 Å². The maximum absolute atomic E-state index is 12.2. The molecule has 104 valence electrons. The van der Waals surface area contributed by atoms with Gasteiger partial charge in [0, 0.05) is 30.0 Å². The number of nitrogens with one attached hydrogen (secondary N) is 1. The molecule has 0 saturated carbocycles. The summed E-state index contributed by atoms with van der Waals surface area (Å²) in [5.41, 5.74) is 4.07. The van der Waals surface area contributed by atoms with Gasteiger partial charge in [-0.2, -0.15) is 0 Å². The molecule has 0 saturated heterocycles. The van der Waals surface area contributed by atoms with Crippen LogP contribution in [0.4, 0.5) is 0 Å². The van der Waals surface area contributed by atoms with E-state index in [2.05, 4.69) is 36.5 Å². The molecule has 20 heavy (non-hydrogen) atoms. The monoisotopic (exact) mass is 269 g/mol. The Bertz CT molecular complexity index is 584. The molecule has 2 aliphatic rings. The Morgan fingerprint density at radius 2 is 1.90 bits per heavy atom. The number of ketones is 1. The lowest BCUT2D eigenvalue weighted by molar-refractivity contribution is -0.122. The SMILES string of the molecule is CCc1ccc(C2CC(=O)NC3=C2C(=O)CCC3)cc1. The number of amides is 1. The van der Waals surface area contributed by atoms with E-state index in [1.54, 1.807) is 0 Å². The summed E-state index contributed by atoms with van der Waals surface area (Å²) in [7, 11) is 0. The smallest absolute Gasteiger partial charge is 0.225 e. The first kappa shape index (κ1) is 13.1. The van der Waals surface area contributed by atoms with Gasteiger partial charge in [-0.15, -0.1) is 0 Å². The molecule has 1 heterocycles. The van der Waals surface area contributed by atoms with Gasteiger partial charge in [-0.1, -0.05) is 31.2 Å². The first-order valence-corrected chi connectivity index (χ1v) is 7.34. The molecule has 0 fully saturated rings. The molecule has 0 aromatic heterocycles. The normalized spacial score (nSPS) is 22.6. The van der Waals surface area contributed by atoms with Gasteiger partial charge < -0.3 is 5.32 Å². The summed E-state index contributed by atoms with van der Waals surface area (Å²) < 4.78 is 0. The number of benzene rings is 1. The van der Waals surface area contributed by atoms with Crippen molar-refractivity contribution in [1.29, 1.82) is 0 Å². The summed E-state index contributed by atoms with van der Waals surface area (Å²) in [4.78, 5) is 24.1. The molecule has 1 aromatic carbocycles. The molecule has 1 aliphatic carbocycles. The van der Waals surface area contributed by atoms with Crippen LogP contribution < -0.4 is 5.32 Å². The summed E-state index contributed by atoms with van der Waals surface area (Å²) >= 11 is 0. The van der Waals surface area contributed by atoms with E-state index in [4.69, 9.17) is 0 Å². The van der Waals surface area contributed by atoms with Crippen LogP contribution in [-0.2, 0) is 16.0 Å². The molecule has 0 radical (unpaired) electrons. The van der Waals surface area contributed by atoms with Crippen LogP contribution in [0.5, 0.6) is 0 Å². The maximum atomic E-state index is 12.2. The van der Waals surface area contributed by atoms with Crippen molar-refractivity contribution in [2.75, 3.05) is 0 Å². The molecule has 1 atom stereocenters. The first-order chi connectivity index (χ1) is 9.69. The number of hydrogen-bond donors (Lipinski definition) is 1. The fourth-order valence-corrected chi connectivity index (χ4v) is 3.17. The van der Waals surface area contributed by atoms with Gasteiger partial charge in [0.15, 0.2) is 5.78 Å². The molecule has 0 bridgehead atoms. The molecule has 1 aromatic rings. The van der Waals surface area contributed by atoms with Crippen LogP contribution in [0, 0.1) is 0 Å². The van der Waals surface area contributed by atoms with Crippen molar-refractivity contribution in [2.45, 2.75) is 44.9 Å². The Labute approximate surface area is 119 Å². The van der Waals surface area contributed by atoms with E-state index in [0.717, 1.165) is 36.1 Å². The Kier molecular flexibility index (Phi) is 3.43. The van der Waals surface area contributed by atoms with Crippen molar-refractivity contribution in [3.05, 3.63) is 46.7 Å². The minimum Gasteiger partial charge on any atom is -0.329 e. The largest absolute Gasteiger partial charge is 0.329 e. The maximum Gasteiger partial charge on any atom is 0.225 e. The fourth-order valence-electron chi connectivity index (χ4n) is 3.17. The second kappa shape index (κ2) is 5.23. The van der Waals surface area contributed by atoms with E-state index in [1.807, 2.05) is 0 Å². The highest BCUT2D eigenvalue weighted by Gasteiger charge is 2.34. The Hall–Kier alpha value is -1.90. The third-order valence-corrected chi connectivity index (χ3v) is 4.27. The van der Waals surface area contributed by atoms with Crippen molar-refractivity contribution in [2.24, 2.45) is 0 Å². The van der Waals surface area contributed by atoms with Crippen molar-refractivity contribution in [3.63, 3.8) is 0 Å². The number of Topliss-reactive ketones (excluding diaryl/α,β-unsaturated/α-hetero) is 1. The third kappa shape index (κ3) is 2.28. The molecular weight excluding hydrogens is 250 g/mol. The quantitative estimate of drug-likeness (QED) is 0.897. The molecule has 3 rings (SSSR count). The van der Waals surface area contributed by atoms with E-state index in [0.29, 0.717) is 12.8 Å². The van der Waals surface area contributed by atoms with Crippen LogP contribution in [-0.4, -0.2) is 11.7 Å². The van der Waals surface area contributed by atoms with Gasteiger partial charge in [0.1, 0.15) is 0 Å².